The number of nitrogens with zero attached hydrogens (tertiary/aromatic N) is 1. The van der Waals surface area contributed by atoms with Crippen LogP contribution in [-0.2, 0) is 14.3 Å². The molecule has 1 aliphatic carbocycles. The molecule has 1 saturated carbocycles. The molecule has 2 unspecified atom stereocenters. The van der Waals surface area contributed by atoms with Crippen LogP contribution in [0.3, 0.4) is 0 Å². The lowest BCUT2D eigenvalue weighted by molar-refractivity contribution is -0.145. The second-order valence-electron chi connectivity index (χ2n) is 11.7. The van der Waals surface area contributed by atoms with E-state index < -0.39 is 23.8 Å². The van der Waals surface area contributed by atoms with Crippen molar-refractivity contribution in [3.63, 3.8) is 0 Å². The number of amides is 3. The molecule has 3 amide bonds. The first-order valence-corrected chi connectivity index (χ1v) is 13.4. The zero-order valence-corrected chi connectivity index (χ0v) is 23.7. The fourth-order valence-corrected chi connectivity index (χ4v) is 4.80. The number of rotatable bonds is 8. The van der Waals surface area contributed by atoms with E-state index in [0.717, 1.165) is 42.4 Å². The number of ether oxygens (including phenoxy) is 1. The molecule has 7 nitrogen and oxygen atoms in total. The van der Waals surface area contributed by atoms with Crippen LogP contribution in [0.4, 0.5) is 4.79 Å². The molecule has 2 atom stereocenters. The fraction of sp³-hybridized carbons (Fsp3) is 0.690. The molecular weight excluding hydrogens is 454 g/mol. The topological polar surface area (TPSA) is 87.7 Å². The van der Waals surface area contributed by atoms with Crippen LogP contribution in [0.5, 0.6) is 0 Å². The van der Waals surface area contributed by atoms with Gasteiger partial charge in [-0.25, -0.2) is 4.79 Å². The van der Waals surface area contributed by atoms with Crippen molar-refractivity contribution in [1.29, 1.82) is 0 Å². The number of hydrogen-bond acceptors (Lipinski definition) is 4. The SMILES string of the molecule is Cc1cccc(C(C(=O)NC2CCCCC2)N(C(=O)C(NC(=O)OC(C)(C)C)C(C)C)C(C)C)c1C. The van der Waals surface area contributed by atoms with Crippen molar-refractivity contribution >= 4 is 17.9 Å². The predicted octanol–water partition coefficient (Wildman–Crippen LogP) is 5.58. The van der Waals surface area contributed by atoms with E-state index in [2.05, 4.69) is 10.6 Å². The van der Waals surface area contributed by atoms with E-state index in [0.29, 0.717) is 0 Å². The normalized spacial score (nSPS) is 16.4. The van der Waals surface area contributed by atoms with Crippen LogP contribution >= 0.6 is 0 Å². The number of nitrogens with one attached hydrogen (secondary N) is 2. The van der Waals surface area contributed by atoms with Crippen LogP contribution in [0.2, 0.25) is 0 Å². The van der Waals surface area contributed by atoms with Gasteiger partial charge in [-0.3, -0.25) is 9.59 Å². The molecule has 1 fully saturated rings. The Kier molecular flexibility index (Phi) is 10.4. The van der Waals surface area contributed by atoms with Gasteiger partial charge in [-0.15, -0.1) is 0 Å². The van der Waals surface area contributed by atoms with Crippen LogP contribution in [0.15, 0.2) is 18.2 Å². The molecule has 36 heavy (non-hydrogen) atoms. The molecular formula is C29H47N3O4. The van der Waals surface area contributed by atoms with E-state index in [1.165, 1.54) is 6.42 Å². The Labute approximate surface area is 217 Å². The van der Waals surface area contributed by atoms with Gasteiger partial charge in [0.2, 0.25) is 11.8 Å². The van der Waals surface area contributed by atoms with Gasteiger partial charge in [-0.2, -0.15) is 0 Å². The van der Waals surface area contributed by atoms with Gasteiger partial charge < -0.3 is 20.3 Å². The second kappa shape index (κ2) is 12.6. The Hall–Kier alpha value is -2.57. The van der Waals surface area contributed by atoms with E-state index in [9.17, 15) is 14.4 Å². The largest absolute Gasteiger partial charge is 0.444 e. The zero-order chi connectivity index (χ0) is 27.2. The van der Waals surface area contributed by atoms with Crippen LogP contribution in [0.1, 0.15) is 103 Å². The monoisotopic (exact) mass is 501 g/mol. The zero-order valence-electron chi connectivity index (χ0n) is 23.7. The second-order valence-corrected chi connectivity index (χ2v) is 11.7. The van der Waals surface area contributed by atoms with Gasteiger partial charge in [0, 0.05) is 12.1 Å². The Morgan fingerprint density at radius 3 is 2.14 bits per heavy atom. The Morgan fingerprint density at radius 1 is 1.00 bits per heavy atom. The lowest BCUT2D eigenvalue weighted by Crippen LogP contribution is -2.57. The molecule has 7 heteroatoms. The first-order valence-electron chi connectivity index (χ1n) is 13.4. The molecule has 1 aromatic carbocycles. The number of alkyl carbamates (subject to hydrolysis) is 1. The molecule has 202 valence electrons. The summed E-state index contributed by atoms with van der Waals surface area (Å²) in [6.07, 6.45) is 4.65. The summed E-state index contributed by atoms with van der Waals surface area (Å²) < 4.78 is 5.44. The van der Waals surface area contributed by atoms with E-state index in [1.54, 1.807) is 25.7 Å². The van der Waals surface area contributed by atoms with Gasteiger partial charge in [0.15, 0.2) is 0 Å². The van der Waals surface area contributed by atoms with Crippen molar-refractivity contribution in [2.24, 2.45) is 5.92 Å². The van der Waals surface area contributed by atoms with Crippen molar-refractivity contribution in [3.8, 4) is 0 Å². The molecule has 0 heterocycles. The summed E-state index contributed by atoms with van der Waals surface area (Å²) in [7, 11) is 0. The van der Waals surface area contributed by atoms with E-state index >= 15 is 0 Å². The average molecular weight is 502 g/mol. The van der Waals surface area contributed by atoms with Crippen LogP contribution in [0.25, 0.3) is 0 Å². The Bertz CT molecular complexity index is 914. The standard InChI is InChI=1S/C29H47N3O4/c1-18(2)24(31-28(35)36-29(7,8)9)27(34)32(19(3)4)25(23-17-13-14-20(5)21(23)6)26(33)30-22-15-11-10-12-16-22/h13-14,17-19,22,24-25H,10-12,15-16H2,1-9H3,(H,30,33)(H,31,35). The molecule has 2 rings (SSSR count). The maximum atomic E-state index is 14.1. The van der Waals surface area contributed by atoms with Crippen molar-refractivity contribution in [2.75, 3.05) is 0 Å². The highest BCUT2D eigenvalue weighted by atomic mass is 16.6. The molecule has 0 saturated heterocycles. The maximum Gasteiger partial charge on any atom is 0.408 e. The predicted molar refractivity (Wildman–Crippen MR) is 144 cm³/mol. The van der Waals surface area contributed by atoms with Crippen LogP contribution in [0, 0.1) is 19.8 Å². The molecule has 1 aliphatic rings. The maximum absolute atomic E-state index is 14.1. The van der Waals surface area contributed by atoms with Crippen LogP contribution < -0.4 is 10.6 Å². The lowest BCUT2D eigenvalue weighted by atomic mass is 9.91. The summed E-state index contributed by atoms with van der Waals surface area (Å²) in [6, 6.07) is 4.07. The van der Waals surface area contributed by atoms with Gasteiger partial charge in [0.05, 0.1) is 0 Å². The summed E-state index contributed by atoms with van der Waals surface area (Å²) in [5.41, 5.74) is 2.17. The van der Waals surface area contributed by atoms with E-state index in [1.807, 2.05) is 59.7 Å². The van der Waals surface area contributed by atoms with Gasteiger partial charge in [0.1, 0.15) is 17.7 Å². The van der Waals surface area contributed by atoms with E-state index in [4.69, 9.17) is 4.74 Å². The van der Waals surface area contributed by atoms with Gasteiger partial charge in [-0.05, 0) is 83.9 Å². The highest BCUT2D eigenvalue weighted by Crippen LogP contribution is 2.30. The average Bonchev–Trinajstić information content (AvgIpc) is 2.76. The fourth-order valence-electron chi connectivity index (χ4n) is 4.80. The summed E-state index contributed by atoms with van der Waals surface area (Å²) in [5, 5.41) is 6.03. The highest BCUT2D eigenvalue weighted by molar-refractivity contribution is 5.92. The van der Waals surface area contributed by atoms with Gasteiger partial charge >= 0.3 is 6.09 Å². The smallest absolute Gasteiger partial charge is 0.408 e. The third-order valence-corrected chi connectivity index (χ3v) is 6.83. The third kappa shape index (κ3) is 7.97. The van der Waals surface area contributed by atoms with Crippen molar-refractivity contribution in [3.05, 3.63) is 34.9 Å². The summed E-state index contributed by atoms with van der Waals surface area (Å²) >= 11 is 0. The minimum atomic E-state index is -0.836. The number of benzene rings is 1. The summed E-state index contributed by atoms with van der Waals surface area (Å²) in [5.74, 6) is -0.667. The molecule has 2 N–H and O–H groups in total. The molecule has 1 aromatic rings. The van der Waals surface area contributed by atoms with Crippen LogP contribution in [-0.4, -0.2) is 46.5 Å². The molecule has 0 aliphatic heterocycles. The minimum absolute atomic E-state index is 0.115. The lowest BCUT2D eigenvalue weighted by Gasteiger charge is -2.39. The first kappa shape index (κ1) is 29.7. The number of aryl methyl sites for hydroxylation is 1. The Morgan fingerprint density at radius 2 is 1.61 bits per heavy atom. The quantitative estimate of drug-likeness (QED) is 0.487. The first-order chi connectivity index (χ1) is 16.7. The Balaban J connectivity index is 2.49. The summed E-state index contributed by atoms with van der Waals surface area (Å²) in [4.78, 5) is 42.3. The van der Waals surface area contributed by atoms with E-state index in [-0.39, 0.29) is 29.8 Å². The summed E-state index contributed by atoms with van der Waals surface area (Å²) in [6.45, 7) is 16.9. The molecule has 0 radical (unpaired) electrons. The number of carbonyl (C=O) groups excluding carboxylic acids is 3. The third-order valence-electron chi connectivity index (χ3n) is 6.83. The van der Waals surface area contributed by atoms with Gasteiger partial charge in [-0.1, -0.05) is 51.3 Å². The number of carbonyl (C=O) groups is 3. The molecule has 0 aromatic heterocycles. The minimum Gasteiger partial charge on any atom is -0.444 e. The van der Waals surface area contributed by atoms with Gasteiger partial charge in [0.25, 0.3) is 0 Å². The van der Waals surface area contributed by atoms with Crippen molar-refractivity contribution in [1.82, 2.24) is 15.5 Å². The number of hydrogen-bond donors (Lipinski definition) is 2. The highest BCUT2D eigenvalue weighted by Gasteiger charge is 2.40. The molecule has 0 spiro atoms. The molecule has 0 bridgehead atoms. The van der Waals surface area contributed by atoms with Crippen molar-refractivity contribution < 1.29 is 19.1 Å². The van der Waals surface area contributed by atoms with Crippen molar-refractivity contribution in [2.45, 2.75) is 124 Å².